The summed E-state index contributed by atoms with van der Waals surface area (Å²) in [6.45, 7) is 2.07. The largest absolute Gasteiger partial charge is 0.480 e. The van der Waals surface area contributed by atoms with Crippen LogP contribution in [0.2, 0.25) is 15.1 Å². The van der Waals surface area contributed by atoms with E-state index in [4.69, 9.17) is 44.3 Å². The summed E-state index contributed by atoms with van der Waals surface area (Å²) in [5.41, 5.74) is 0. The first kappa shape index (κ1) is 14.4. The molecule has 0 N–H and O–H groups in total. The van der Waals surface area contributed by atoms with Crippen molar-refractivity contribution in [2.45, 2.75) is 13.3 Å². The van der Waals surface area contributed by atoms with Gasteiger partial charge in [-0.1, -0.05) is 41.7 Å². The number of hydrogen-bond donors (Lipinski definition) is 0. The van der Waals surface area contributed by atoms with Crippen LogP contribution in [0.25, 0.3) is 0 Å². The van der Waals surface area contributed by atoms with Crippen LogP contribution >= 0.6 is 34.8 Å². The van der Waals surface area contributed by atoms with Crippen molar-refractivity contribution >= 4 is 40.8 Å². The van der Waals surface area contributed by atoms with Gasteiger partial charge in [-0.05, 0) is 12.5 Å². The van der Waals surface area contributed by atoms with E-state index < -0.39 is 5.97 Å². The van der Waals surface area contributed by atoms with Crippen molar-refractivity contribution < 1.29 is 14.3 Å². The molecule has 0 aliphatic carbocycles. The molecule has 0 aliphatic heterocycles. The highest BCUT2D eigenvalue weighted by molar-refractivity contribution is 6.43. The van der Waals surface area contributed by atoms with Crippen LogP contribution < -0.4 is 4.74 Å². The highest BCUT2D eigenvalue weighted by Crippen LogP contribution is 2.33. The highest BCUT2D eigenvalue weighted by Gasteiger charge is 2.09. The summed E-state index contributed by atoms with van der Waals surface area (Å²) in [5.74, 6) is -0.150. The molecular weight excluding hydrogens is 286 g/mol. The van der Waals surface area contributed by atoms with Crippen LogP contribution in [0, 0.1) is 0 Å². The quantitative estimate of drug-likeness (QED) is 0.609. The number of rotatable bonds is 5. The van der Waals surface area contributed by atoms with Gasteiger partial charge in [0.15, 0.2) is 6.61 Å². The van der Waals surface area contributed by atoms with Crippen molar-refractivity contribution in [2.75, 3.05) is 13.2 Å². The Morgan fingerprint density at radius 3 is 2.47 bits per heavy atom. The lowest BCUT2D eigenvalue weighted by Crippen LogP contribution is -2.15. The van der Waals surface area contributed by atoms with Gasteiger partial charge in [0.1, 0.15) is 5.75 Å². The van der Waals surface area contributed by atoms with Gasteiger partial charge in [-0.2, -0.15) is 0 Å². The third kappa shape index (κ3) is 4.62. The summed E-state index contributed by atoms with van der Waals surface area (Å²) in [6, 6.07) is 2.91. The Balaban J connectivity index is 2.57. The summed E-state index contributed by atoms with van der Waals surface area (Å²) in [4.78, 5) is 11.2. The van der Waals surface area contributed by atoms with Crippen LogP contribution in [0.15, 0.2) is 12.1 Å². The van der Waals surface area contributed by atoms with Crippen molar-refractivity contribution in [1.29, 1.82) is 0 Å². The van der Waals surface area contributed by atoms with Crippen molar-refractivity contribution in [3.05, 3.63) is 27.2 Å². The number of esters is 1. The molecule has 0 saturated heterocycles. The van der Waals surface area contributed by atoms with E-state index in [9.17, 15) is 4.79 Å². The fraction of sp³-hybridized carbons (Fsp3) is 0.364. The van der Waals surface area contributed by atoms with Crippen molar-refractivity contribution in [2.24, 2.45) is 0 Å². The van der Waals surface area contributed by atoms with E-state index >= 15 is 0 Å². The molecule has 0 atom stereocenters. The highest BCUT2D eigenvalue weighted by atomic mass is 35.5. The molecule has 1 aromatic rings. The van der Waals surface area contributed by atoms with E-state index in [0.717, 1.165) is 6.42 Å². The number of carbonyl (C=O) groups is 1. The first-order valence-corrected chi connectivity index (χ1v) is 6.11. The number of carbonyl (C=O) groups excluding carboxylic acids is 1. The average molecular weight is 298 g/mol. The molecule has 0 radical (unpaired) electrons. The minimum absolute atomic E-state index is 0.211. The summed E-state index contributed by atoms with van der Waals surface area (Å²) in [5, 5.41) is 0.938. The Kier molecular flexibility index (Phi) is 5.89. The predicted molar refractivity (Wildman–Crippen MR) is 68.2 cm³/mol. The molecule has 3 nitrogen and oxygen atoms in total. The minimum atomic E-state index is -0.450. The van der Waals surface area contributed by atoms with Gasteiger partial charge in [0.2, 0.25) is 0 Å². The molecule has 0 aromatic heterocycles. The summed E-state index contributed by atoms with van der Waals surface area (Å²) in [7, 11) is 0. The standard InChI is InChI=1S/C11H11Cl3O3/c1-2-3-16-11(15)6-17-10-5-8(13)7(12)4-9(10)14/h4-5H,2-3,6H2,1H3. The number of halogens is 3. The van der Waals surface area contributed by atoms with Crippen molar-refractivity contribution in [3.63, 3.8) is 0 Å². The van der Waals surface area contributed by atoms with Crippen LogP contribution in [-0.4, -0.2) is 19.2 Å². The second-order valence-electron chi connectivity index (χ2n) is 3.21. The average Bonchev–Trinajstić information content (AvgIpc) is 2.29. The third-order valence-electron chi connectivity index (χ3n) is 1.79. The van der Waals surface area contributed by atoms with Crippen LogP contribution in [-0.2, 0) is 9.53 Å². The Hall–Kier alpha value is -0.640. The Labute approximate surface area is 115 Å². The zero-order valence-electron chi connectivity index (χ0n) is 9.13. The molecule has 0 heterocycles. The lowest BCUT2D eigenvalue weighted by atomic mass is 10.3. The molecule has 0 saturated carbocycles. The Morgan fingerprint density at radius 1 is 1.18 bits per heavy atom. The van der Waals surface area contributed by atoms with Crippen molar-refractivity contribution in [3.8, 4) is 5.75 Å². The number of hydrogen-bond acceptors (Lipinski definition) is 3. The molecule has 0 aliphatic rings. The molecule has 1 aromatic carbocycles. The molecular formula is C11H11Cl3O3. The molecule has 1 rings (SSSR count). The van der Waals surface area contributed by atoms with Gasteiger partial charge in [0.05, 0.1) is 21.7 Å². The van der Waals surface area contributed by atoms with Crippen LogP contribution in [0.4, 0.5) is 0 Å². The zero-order chi connectivity index (χ0) is 12.8. The van der Waals surface area contributed by atoms with Crippen LogP contribution in [0.5, 0.6) is 5.75 Å². The molecule has 6 heteroatoms. The topological polar surface area (TPSA) is 35.5 Å². The summed E-state index contributed by atoms with van der Waals surface area (Å²) >= 11 is 17.4. The Morgan fingerprint density at radius 2 is 1.82 bits per heavy atom. The van der Waals surface area contributed by atoms with Gasteiger partial charge in [0.25, 0.3) is 0 Å². The van der Waals surface area contributed by atoms with E-state index in [0.29, 0.717) is 27.4 Å². The maximum absolute atomic E-state index is 11.2. The smallest absolute Gasteiger partial charge is 0.344 e. The predicted octanol–water partition coefficient (Wildman–Crippen LogP) is 3.98. The lowest BCUT2D eigenvalue weighted by Gasteiger charge is -2.08. The molecule has 94 valence electrons. The van der Waals surface area contributed by atoms with E-state index in [1.807, 2.05) is 6.92 Å². The fourth-order valence-corrected chi connectivity index (χ4v) is 1.60. The lowest BCUT2D eigenvalue weighted by molar-refractivity contribution is -0.146. The second kappa shape index (κ2) is 6.94. The zero-order valence-corrected chi connectivity index (χ0v) is 11.4. The summed E-state index contributed by atoms with van der Waals surface area (Å²) < 4.78 is 10.0. The van der Waals surface area contributed by atoms with E-state index in [2.05, 4.69) is 0 Å². The van der Waals surface area contributed by atoms with Crippen LogP contribution in [0.1, 0.15) is 13.3 Å². The maximum atomic E-state index is 11.2. The Bertz CT molecular complexity index is 407. The first-order valence-electron chi connectivity index (χ1n) is 4.97. The van der Waals surface area contributed by atoms with Gasteiger partial charge in [0, 0.05) is 6.07 Å². The number of ether oxygens (including phenoxy) is 2. The van der Waals surface area contributed by atoms with E-state index in [1.165, 1.54) is 12.1 Å². The van der Waals surface area contributed by atoms with Gasteiger partial charge in [-0.15, -0.1) is 0 Å². The molecule has 0 amide bonds. The van der Waals surface area contributed by atoms with Crippen molar-refractivity contribution in [1.82, 2.24) is 0 Å². The fourth-order valence-electron chi connectivity index (χ4n) is 1.01. The second-order valence-corrected chi connectivity index (χ2v) is 4.43. The summed E-state index contributed by atoms with van der Waals surface area (Å²) in [6.07, 6.45) is 0.763. The molecule has 0 spiro atoms. The normalized spacial score (nSPS) is 10.1. The van der Waals surface area contributed by atoms with E-state index in [-0.39, 0.29) is 6.61 Å². The van der Waals surface area contributed by atoms with Gasteiger partial charge in [-0.25, -0.2) is 4.79 Å². The first-order chi connectivity index (χ1) is 8.04. The maximum Gasteiger partial charge on any atom is 0.344 e. The minimum Gasteiger partial charge on any atom is -0.480 e. The molecule has 0 bridgehead atoms. The van der Waals surface area contributed by atoms with Gasteiger partial charge in [-0.3, -0.25) is 0 Å². The molecule has 0 fully saturated rings. The van der Waals surface area contributed by atoms with Gasteiger partial charge >= 0.3 is 5.97 Å². The monoisotopic (exact) mass is 296 g/mol. The van der Waals surface area contributed by atoms with Gasteiger partial charge < -0.3 is 9.47 Å². The van der Waals surface area contributed by atoms with Crippen LogP contribution in [0.3, 0.4) is 0 Å². The third-order valence-corrected chi connectivity index (χ3v) is 2.81. The SMILES string of the molecule is CCCOC(=O)COc1cc(Cl)c(Cl)cc1Cl. The number of benzene rings is 1. The van der Waals surface area contributed by atoms with E-state index in [1.54, 1.807) is 0 Å². The molecule has 17 heavy (non-hydrogen) atoms. The molecule has 0 unspecified atom stereocenters.